The topological polar surface area (TPSA) is 63.1 Å². The van der Waals surface area contributed by atoms with E-state index in [1.165, 1.54) is 33.5 Å². The summed E-state index contributed by atoms with van der Waals surface area (Å²) >= 11 is 0. The zero-order valence-corrected chi connectivity index (χ0v) is 31.4. The first-order valence-electron chi connectivity index (χ1n) is 15.5. The summed E-state index contributed by atoms with van der Waals surface area (Å²) in [5.41, 5.74) is 7.45. The van der Waals surface area contributed by atoms with Crippen molar-refractivity contribution in [2.75, 3.05) is 0 Å². The summed E-state index contributed by atoms with van der Waals surface area (Å²) in [7, 11) is 0. The van der Waals surface area contributed by atoms with Crippen molar-refractivity contribution < 1.29 is 30.0 Å². The van der Waals surface area contributed by atoms with Gasteiger partial charge in [-0.25, -0.2) is 4.98 Å². The molecule has 1 aromatic heterocycles. The van der Waals surface area contributed by atoms with Gasteiger partial charge in [0.2, 0.25) is 0 Å². The molecule has 0 aliphatic heterocycles. The van der Waals surface area contributed by atoms with Crippen molar-refractivity contribution in [2.24, 2.45) is 10.8 Å². The molecular weight excluding hydrogens is 721 g/mol. The molecule has 44 heavy (non-hydrogen) atoms. The van der Waals surface area contributed by atoms with E-state index in [0.29, 0.717) is 0 Å². The summed E-state index contributed by atoms with van der Waals surface area (Å²) in [6.07, 6.45) is 2.99. The summed E-state index contributed by atoms with van der Waals surface area (Å²) in [5, 5.41) is 13.4. The summed E-state index contributed by atoms with van der Waals surface area (Å²) < 4.78 is 0. The molecule has 239 valence electrons. The first kappa shape index (κ1) is 37.3. The van der Waals surface area contributed by atoms with E-state index < -0.39 is 0 Å². The molecule has 4 nitrogen and oxygen atoms in total. The van der Waals surface area contributed by atoms with Gasteiger partial charge in [0.25, 0.3) is 0 Å². The molecule has 4 rings (SSSR count). The van der Waals surface area contributed by atoms with Crippen molar-refractivity contribution in [2.45, 2.75) is 108 Å². The van der Waals surface area contributed by atoms with E-state index in [9.17, 15) is 9.90 Å². The number of aryl methyl sites for hydroxylation is 4. The van der Waals surface area contributed by atoms with Gasteiger partial charge >= 0.3 is 0 Å². The fourth-order valence-corrected chi connectivity index (χ4v) is 4.90. The summed E-state index contributed by atoms with van der Waals surface area (Å²) in [5.74, 6) is 0.988. The van der Waals surface area contributed by atoms with Gasteiger partial charge in [0.1, 0.15) is 11.6 Å². The minimum absolute atomic E-state index is 0. The van der Waals surface area contributed by atoms with E-state index in [1.54, 1.807) is 0 Å². The van der Waals surface area contributed by atoms with E-state index in [-0.39, 0.29) is 47.9 Å². The van der Waals surface area contributed by atoms with Crippen molar-refractivity contribution in [1.29, 1.82) is 0 Å². The molecule has 0 saturated carbocycles. The number of ketones is 1. The van der Waals surface area contributed by atoms with Gasteiger partial charge in [-0.1, -0.05) is 100 Å². The normalized spacial score (nSPS) is 12.5. The molecule has 0 unspecified atom stereocenters. The maximum absolute atomic E-state index is 11.8. The van der Waals surface area contributed by atoms with Crippen LogP contribution in [-0.4, -0.2) is 20.9 Å². The van der Waals surface area contributed by atoms with Gasteiger partial charge in [-0.2, -0.15) is 0 Å². The van der Waals surface area contributed by atoms with Gasteiger partial charge in [-0.3, -0.25) is 9.78 Å². The number of carbonyl (C=O) groups is 1. The smallest absolute Gasteiger partial charge is 0.164 e. The second kappa shape index (κ2) is 14.0. The number of aliphatic hydroxyl groups is 1. The Morgan fingerprint density at radius 3 is 2.02 bits per heavy atom. The maximum atomic E-state index is 11.8. The number of fused-ring (bicyclic) bond motifs is 3. The quantitative estimate of drug-likeness (QED) is 0.0918. The van der Waals surface area contributed by atoms with Gasteiger partial charge in [0.15, 0.2) is 5.78 Å². The summed E-state index contributed by atoms with van der Waals surface area (Å²) in [6, 6.07) is 16.8. The number of aromatic nitrogens is 2. The van der Waals surface area contributed by atoms with Crippen LogP contribution < -0.4 is 0 Å². The molecule has 0 aliphatic rings. The third-order valence-corrected chi connectivity index (χ3v) is 8.76. The zero-order valence-electron chi connectivity index (χ0n) is 29.0. The van der Waals surface area contributed by atoms with Gasteiger partial charge in [0.05, 0.1) is 5.52 Å². The Morgan fingerprint density at radius 1 is 0.864 bits per heavy atom. The van der Waals surface area contributed by atoms with E-state index >= 15 is 0 Å². The molecule has 0 atom stereocenters. The average Bonchev–Trinajstić information content (AvgIpc) is 2.91. The Balaban J connectivity index is 0.000000363. The number of allylic oxidation sites excluding steroid dienone is 2. The first-order chi connectivity index (χ1) is 19.8. The van der Waals surface area contributed by atoms with Gasteiger partial charge < -0.3 is 5.11 Å². The predicted octanol–water partition coefficient (Wildman–Crippen LogP) is 10.6. The SMILES string of the molecule is CCC(C)(C)C(=O)/C=C(\O)C(C)(C)CC.Cc1[c-]c(-c2nc(C)nc3c2ccc2cc(C(C)(C)C)cc(C)c23)cc(C)c1.[Ir]. The van der Waals surface area contributed by atoms with Crippen LogP contribution in [0.15, 0.2) is 48.2 Å². The molecule has 1 radical (unpaired) electrons. The van der Waals surface area contributed by atoms with Gasteiger partial charge in [0, 0.05) is 42.4 Å². The third kappa shape index (κ3) is 8.43. The van der Waals surface area contributed by atoms with Crippen LogP contribution in [0.5, 0.6) is 0 Å². The van der Waals surface area contributed by atoms with E-state index in [0.717, 1.165) is 46.4 Å². The molecule has 4 aromatic rings. The van der Waals surface area contributed by atoms with Crippen LogP contribution in [0.1, 0.15) is 103 Å². The van der Waals surface area contributed by atoms with E-state index in [2.05, 4.69) is 84.0 Å². The fraction of sp³-hybridized carbons (Fsp3) is 0.462. The van der Waals surface area contributed by atoms with Crippen molar-refractivity contribution in [3.05, 3.63) is 82.4 Å². The Labute approximate surface area is 279 Å². The van der Waals surface area contributed by atoms with Crippen molar-refractivity contribution in [3.63, 3.8) is 0 Å². The first-order valence-corrected chi connectivity index (χ1v) is 15.5. The minimum Gasteiger partial charge on any atom is -0.512 e. The van der Waals surface area contributed by atoms with Crippen LogP contribution in [0, 0.1) is 44.6 Å². The standard InChI is InChI=1S/C26H27N2.C13H24O2.Ir/c1-15-10-16(2)12-20(11-15)24-22-9-8-19-14-21(26(5,6)7)13-17(3)23(19)25(22)28-18(4)27-24;1-7-12(3,4)10(14)9-11(15)13(5,6)8-2;/h8-11,13-14H,1-7H3;9,14H,7-8H2,1-6H3;/q-1;;/b;10-9-;. The number of hydrogen-bond donors (Lipinski definition) is 1. The Kier molecular flexibility index (Phi) is 11.9. The van der Waals surface area contributed by atoms with Crippen LogP contribution in [0.2, 0.25) is 0 Å². The molecule has 0 spiro atoms. The van der Waals surface area contributed by atoms with Gasteiger partial charge in [-0.15, -0.1) is 34.9 Å². The minimum atomic E-state index is -0.377. The fourth-order valence-electron chi connectivity index (χ4n) is 4.90. The number of hydrogen-bond acceptors (Lipinski definition) is 4. The summed E-state index contributed by atoms with van der Waals surface area (Å²) in [4.78, 5) is 21.5. The molecular formula is C39H51IrN2O2-. The van der Waals surface area contributed by atoms with E-state index in [4.69, 9.17) is 9.97 Å². The molecule has 1 heterocycles. The second-order valence-electron chi connectivity index (χ2n) is 14.3. The molecule has 0 saturated heterocycles. The van der Waals surface area contributed by atoms with Crippen molar-refractivity contribution >= 4 is 27.5 Å². The van der Waals surface area contributed by atoms with Crippen molar-refractivity contribution in [1.82, 2.24) is 9.97 Å². The number of nitrogens with zero attached hydrogens (tertiary/aromatic N) is 2. The molecule has 0 bridgehead atoms. The Hall–Kier alpha value is -2.88. The maximum Gasteiger partial charge on any atom is 0.164 e. The largest absolute Gasteiger partial charge is 0.512 e. The number of carbonyl (C=O) groups excluding carboxylic acids is 1. The zero-order chi connectivity index (χ0) is 32.5. The molecule has 1 N–H and O–H groups in total. The van der Waals surface area contributed by atoms with Crippen LogP contribution >= 0.6 is 0 Å². The number of aliphatic hydroxyl groups excluding tert-OH is 1. The molecule has 5 heteroatoms. The van der Waals surface area contributed by atoms with Crippen LogP contribution in [0.3, 0.4) is 0 Å². The number of rotatable bonds is 6. The second-order valence-corrected chi connectivity index (χ2v) is 14.3. The molecule has 0 aliphatic carbocycles. The molecule has 0 fully saturated rings. The van der Waals surface area contributed by atoms with Gasteiger partial charge in [-0.05, 0) is 59.7 Å². The third-order valence-electron chi connectivity index (χ3n) is 8.76. The van der Waals surface area contributed by atoms with Crippen LogP contribution in [0.25, 0.3) is 32.9 Å². The molecule has 0 amide bonds. The Morgan fingerprint density at radius 2 is 1.48 bits per heavy atom. The Bertz CT molecular complexity index is 1670. The van der Waals surface area contributed by atoms with E-state index in [1.807, 2.05) is 48.5 Å². The van der Waals surface area contributed by atoms with Crippen LogP contribution in [0.4, 0.5) is 0 Å². The average molecular weight is 772 g/mol. The summed E-state index contributed by atoms with van der Waals surface area (Å²) in [6.45, 7) is 26.8. The van der Waals surface area contributed by atoms with Crippen LogP contribution in [-0.2, 0) is 30.3 Å². The number of benzene rings is 3. The molecule has 3 aromatic carbocycles. The van der Waals surface area contributed by atoms with Crippen molar-refractivity contribution in [3.8, 4) is 11.3 Å². The monoisotopic (exact) mass is 772 g/mol. The predicted molar refractivity (Wildman–Crippen MR) is 183 cm³/mol.